The number of hydrogen-bond acceptors (Lipinski definition) is 6. The maximum atomic E-state index is 8.95. The SMILES string of the molecule is Cc1nnc(NC2CCN(Cc3cccc(C#N)c3)CC2)o1. The molecule has 1 aliphatic heterocycles. The van der Waals surface area contributed by atoms with Gasteiger partial charge in [-0.2, -0.15) is 5.26 Å². The second-order valence-electron chi connectivity index (χ2n) is 5.63. The molecule has 1 aromatic carbocycles. The molecule has 0 radical (unpaired) electrons. The van der Waals surface area contributed by atoms with E-state index in [0.717, 1.165) is 38.0 Å². The highest BCUT2D eigenvalue weighted by Crippen LogP contribution is 2.18. The molecular formula is C16H19N5O. The highest BCUT2D eigenvalue weighted by Gasteiger charge is 2.20. The van der Waals surface area contributed by atoms with Gasteiger partial charge in [-0.15, -0.1) is 5.10 Å². The van der Waals surface area contributed by atoms with Crippen LogP contribution in [-0.4, -0.2) is 34.2 Å². The van der Waals surface area contributed by atoms with Crippen molar-refractivity contribution in [1.82, 2.24) is 15.1 Å². The van der Waals surface area contributed by atoms with E-state index in [0.29, 0.717) is 17.9 Å². The predicted octanol–water partition coefficient (Wildman–Crippen LogP) is 2.33. The molecule has 1 saturated heterocycles. The lowest BCUT2D eigenvalue weighted by molar-refractivity contribution is 0.210. The number of benzene rings is 1. The first-order chi connectivity index (χ1) is 10.7. The van der Waals surface area contributed by atoms with Crippen molar-refractivity contribution in [3.05, 3.63) is 41.3 Å². The van der Waals surface area contributed by atoms with Crippen molar-refractivity contribution in [3.63, 3.8) is 0 Å². The van der Waals surface area contributed by atoms with Crippen LogP contribution < -0.4 is 5.32 Å². The lowest BCUT2D eigenvalue weighted by Gasteiger charge is -2.31. The normalized spacial score (nSPS) is 16.4. The van der Waals surface area contributed by atoms with Crippen molar-refractivity contribution in [3.8, 4) is 6.07 Å². The van der Waals surface area contributed by atoms with E-state index >= 15 is 0 Å². The van der Waals surface area contributed by atoms with Crippen LogP contribution in [0.2, 0.25) is 0 Å². The van der Waals surface area contributed by atoms with Crippen molar-refractivity contribution in [2.75, 3.05) is 18.4 Å². The number of nitrogens with zero attached hydrogens (tertiary/aromatic N) is 4. The van der Waals surface area contributed by atoms with Crippen LogP contribution in [0.25, 0.3) is 0 Å². The van der Waals surface area contributed by atoms with Gasteiger partial charge in [-0.3, -0.25) is 4.90 Å². The van der Waals surface area contributed by atoms with Crippen molar-refractivity contribution >= 4 is 6.01 Å². The molecule has 6 heteroatoms. The Morgan fingerprint density at radius 3 is 2.86 bits per heavy atom. The quantitative estimate of drug-likeness (QED) is 0.933. The Morgan fingerprint density at radius 1 is 1.36 bits per heavy atom. The summed E-state index contributed by atoms with van der Waals surface area (Å²) in [5.74, 6) is 0.581. The average molecular weight is 297 g/mol. The standard InChI is InChI=1S/C16H19N5O/c1-12-19-20-16(22-12)18-15-5-7-21(8-6-15)11-14-4-2-3-13(9-14)10-17/h2-4,9,15H,5-8,11H2,1H3,(H,18,20). The summed E-state index contributed by atoms with van der Waals surface area (Å²) in [5, 5.41) is 20.0. The number of likely N-dealkylation sites (tertiary alicyclic amines) is 1. The molecule has 3 rings (SSSR count). The minimum absolute atomic E-state index is 0.376. The number of aromatic nitrogens is 2. The molecule has 2 heterocycles. The van der Waals surface area contributed by atoms with E-state index in [2.05, 4.69) is 32.5 Å². The van der Waals surface area contributed by atoms with Gasteiger partial charge in [0.2, 0.25) is 5.89 Å². The molecule has 0 saturated carbocycles. The van der Waals surface area contributed by atoms with Crippen LogP contribution in [0.1, 0.15) is 29.9 Å². The molecule has 6 nitrogen and oxygen atoms in total. The van der Waals surface area contributed by atoms with Crippen LogP contribution in [0.4, 0.5) is 6.01 Å². The Labute approximate surface area is 129 Å². The van der Waals surface area contributed by atoms with Gasteiger partial charge in [0.05, 0.1) is 11.6 Å². The zero-order chi connectivity index (χ0) is 15.4. The van der Waals surface area contributed by atoms with Gasteiger partial charge in [-0.1, -0.05) is 17.2 Å². The van der Waals surface area contributed by atoms with E-state index in [4.69, 9.17) is 9.68 Å². The van der Waals surface area contributed by atoms with Gasteiger partial charge >= 0.3 is 6.01 Å². The minimum Gasteiger partial charge on any atom is -0.408 e. The van der Waals surface area contributed by atoms with Crippen LogP contribution in [0.5, 0.6) is 0 Å². The van der Waals surface area contributed by atoms with E-state index in [1.807, 2.05) is 18.2 Å². The van der Waals surface area contributed by atoms with E-state index in [9.17, 15) is 0 Å². The molecule has 1 aliphatic rings. The molecule has 2 aromatic rings. The first-order valence-corrected chi connectivity index (χ1v) is 7.51. The molecule has 1 aromatic heterocycles. The summed E-state index contributed by atoms with van der Waals surface area (Å²) in [6, 6.07) is 10.9. The number of rotatable bonds is 4. The van der Waals surface area contributed by atoms with Gasteiger partial charge < -0.3 is 9.73 Å². The van der Waals surface area contributed by atoms with Crippen LogP contribution in [0.3, 0.4) is 0 Å². The summed E-state index contributed by atoms with van der Waals surface area (Å²) >= 11 is 0. The Kier molecular flexibility index (Phi) is 4.35. The summed E-state index contributed by atoms with van der Waals surface area (Å²) in [7, 11) is 0. The minimum atomic E-state index is 0.376. The van der Waals surface area contributed by atoms with Crippen molar-refractivity contribution in [2.24, 2.45) is 0 Å². The third kappa shape index (κ3) is 3.62. The maximum Gasteiger partial charge on any atom is 0.315 e. The topological polar surface area (TPSA) is 78.0 Å². The number of hydrogen-bond donors (Lipinski definition) is 1. The van der Waals surface area contributed by atoms with Crippen LogP contribution in [0.15, 0.2) is 28.7 Å². The molecule has 1 N–H and O–H groups in total. The Hall–Kier alpha value is -2.39. The van der Waals surface area contributed by atoms with Gasteiger partial charge in [0.15, 0.2) is 0 Å². The first kappa shape index (κ1) is 14.5. The van der Waals surface area contributed by atoms with E-state index in [1.54, 1.807) is 6.92 Å². The van der Waals surface area contributed by atoms with Gasteiger partial charge in [0.1, 0.15) is 0 Å². The van der Waals surface area contributed by atoms with Crippen LogP contribution in [0, 0.1) is 18.3 Å². The highest BCUT2D eigenvalue weighted by atomic mass is 16.4. The van der Waals surface area contributed by atoms with Crippen molar-refractivity contribution in [1.29, 1.82) is 5.26 Å². The van der Waals surface area contributed by atoms with E-state index in [1.165, 1.54) is 5.56 Å². The second-order valence-corrected chi connectivity index (χ2v) is 5.63. The molecule has 22 heavy (non-hydrogen) atoms. The van der Waals surface area contributed by atoms with Crippen molar-refractivity contribution in [2.45, 2.75) is 32.4 Å². The first-order valence-electron chi connectivity index (χ1n) is 7.51. The molecule has 0 amide bonds. The van der Waals surface area contributed by atoms with Crippen LogP contribution >= 0.6 is 0 Å². The van der Waals surface area contributed by atoms with E-state index in [-0.39, 0.29) is 0 Å². The summed E-state index contributed by atoms with van der Waals surface area (Å²) in [4.78, 5) is 2.41. The molecule has 0 bridgehead atoms. The summed E-state index contributed by atoms with van der Waals surface area (Å²) < 4.78 is 5.36. The Morgan fingerprint density at radius 2 is 2.18 bits per heavy atom. The molecule has 114 valence electrons. The number of nitriles is 1. The summed E-state index contributed by atoms with van der Waals surface area (Å²) in [6.45, 7) is 4.71. The smallest absolute Gasteiger partial charge is 0.315 e. The zero-order valence-corrected chi connectivity index (χ0v) is 12.6. The fourth-order valence-corrected chi connectivity index (χ4v) is 2.76. The van der Waals surface area contributed by atoms with Gasteiger partial charge in [-0.05, 0) is 30.5 Å². The largest absolute Gasteiger partial charge is 0.408 e. The summed E-state index contributed by atoms with van der Waals surface area (Å²) in [5.41, 5.74) is 1.92. The number of piperidine rings is 1. The van der Waals surface area contributed by atoms with E-state index < -0.39 is 0 Å². The maximum absolute atomic E-state index is 8.95. The fraction of sp³-hybridized carbons (Fsp3) is 0.438. The van der Waals surface area contributed by atoms with Gasteiger partial charge in [0, 0.05) is 32.6 Å². The molecule has 0 atom stereocenters. The Bertz CT molecular complexity index is 667. The zero-order valence-electron chi connectivity index (χ0n) is 12.6. The number of anilines is 1. The van der Waals surface area contributed by atoms with Crippen LogP contribution in [-0.2, 0) is 6.54 Å². The molecule has 0 aliphatic carbocycles. The number of nitrogens with one attached hydrogen (secondary N) is 1. The highest BCUT2D eigenvalue weighted by molar-refractivity contribution is 5.32. The average Bonchev–Trinajstić information content (AvgIpc) is 2.94. The van der Waals surface area contributed by atoms with Gasteiger partial charge in [0.25, 0.3) is 0 Å². The summed E-state index contributed by atoms with van der Waals surface area (Å²) in [6.07, 6.45) is 2.08. The predicted molar refractivity (Wildman–Crippen MR) is 82.1 cm³/mol. The monoisotopic (exact) mass is 297 g/mol. The lowest BCUT2D eigenvalue weighted by atomic mass is 10.0. The third-order valence-corrected chi connectivity index (χ3v) is 3.90. The van der Waals surface area contributed by atoms with Gasteiger partial charge in [-0.25, -0.2) is 0 Å². The lowest BCUT2D eigenvalue weighted by Crippen LogP contribution is -2.38. The third-order valence-electron chi connectivity index (χ3n) is 3.90. The molecule has 0 spiro atoms. The van der Waals surface area contributed by atoms with Crippen molar-refractivity contribution < 1.29 is 4.42 Å². The fourth-order valence-electron chi connectivity index (χ4n) is 2.76. The second kappa shape index (κ2) is 6.58. The molecule has 1 fully saturated rings. The molecular weight excluding hydrogens is 278 g/mol. The molecule has 0 unspecified atom stereocenters. The Balaban J connectivity index is 1.50. The number of aryl methyl sites for hydroxylation is 1.